The number of aromatic nitrogens is 2. The first-order valence-electron chi connectivity index (χ1n) is 5.98. The Labute approximate surface area is 105 Å². The molecule has 0 aliphatic carbocycles. The molecule has 0 saturated carbocycles. The second-order valence-corrected chi connectivity index (χ2v) is 4.27. The van der Waals surface area contributed by atoms with Crippen molar-refractivity contribution in [3.63, 3.8) is 0 Å². The molecule has 1 N–H and O–H groups in total. The van der Waals surface area contributed by atoms with Crippen LogP contribution in [0, 0.1) is 0 Å². The second kappa shape index (κ2) is 4.66. The van der Waals surface area contributed by atoms with Crippen LogP contribution in [-0.2, 0) is 13.1 Å². The lowest BCUT2D eigenvalue weighted by Crippen LogP contribution is -2.08. The summed E-state index contributed by atoms with van der Waals surface area (Å²) in [6.07, 6.45) is 5.52. The number of imidazole rings is 1. The fourth-order valence-corrected chi connectivity index (χ4v) is 2.19. The SMILES string of the molecule is CNCc1c(Cn2ccnc2)oc2ccccc12. The van der Waals surface area contributed by atoms with E-state index < -0.39 is 0 Å². The summed E-state index contributed by atoms with van der Waals surface area (Å²) < 4.78 is 7.95. The highest BCUT2D eigenvalue weighted by atomic mass is 16.3. The van der Waals surface area contributed by atoms with Crippen LogP contribution in [0.25, 0.3) is 11.0 Å². The van der Waals surface area contributed by atoms with Crippen LogP contribution in [0.2, 0.25) is 0 Å². The van der Waals surface area contributed by atoms with E-state index in [1.807, 2.05) is 36.0 Å². The van der Waals surface area contributed by atoms with Crippen LogP contribution in [-0.4, -0.2) is 16.6 Å². The highest BCUT2D eigenvalue weighted by Gasteiger charge is 2.13. The fraction of sp³-hybridized carbons (Fsp3) is 0.214. The summed E-state index contributed by atoms with van der Waals surface area (Å²) in [6.45, 7) is 1.52. The summed E-state index contributed by atoms with van der Waals surface area (Å²) >= 11 is 0. The van der Waals surface area contributed by atoms with Crippen molar-refractivity contribution in [1.82, 2.24) is 14.9 Å². The zero-order chi connectivity index (χ0) is 12.4. The fourth-order valence-electron chi connectivity index (χ4n) is 2.19. The highest BCUT2D eigenvalue weighted by Crippen LogP contribution is 2.26. The highest BCUT2D eigenvalue weighted by molar-refractivity contribution is 5.82. The third-order valence-electron chi connectivity index (χ3n) is 3.02. The molecule has 0 fully saturated rings. The van der Waals surface area contributed by atoms with Crippen LogP contribution < -0.4 is 5.32 Å². The molecule has 2 aromatic heterocycles. The standard InChI is InChI=1S/C14H15N3O/c1-15-8-12-11-4-2-3-5-13(11)18-14(12)9-17-7-6-16-10-17/h2-7,10,15H,8-9H2,1H3. The minimum absolute atomic E-state index is 0.714. The summed E-state index contributed by atoms with van der Waals surface area (Å²) in [7, 11) is 1.95. The maximum atomic E-state index is 5.94. The van der Waals surface area contributed by atoms with Crippen LogP contribution in [0.3, 0.4) is 0 Å². The minimum Gasteiger partial charge on any atom is -0.459 e. The quantitative estimate of drug-likeness (QED) is 0.762. The molecule has 0 bridgehead atoms. The Morgan fingerprint density at radius 1 is 1.33 bits per heavy atom. The van der Waals surface area contributed by atoms with Gasteiger partial charge >= 0.3 is 0 Å². The third-order valence-corrected chi connectivity index (χ3v) is 3.02. The van der Waals surface area contributed by atoms with Crippen molar-refractivity contribution in [3.05, 3.63) is 54.3 Å². The van der Waals surface area contributed by atoms with Gasteiger partial charge in [0.05, 0.1) is 12.9 Å². The second-order valence-electron chi connectivity index (χ2n) is 4.27. The van der Waals surface area contributed by atoms with E-state index in [9.17, 15) is 0 Å². The van der Waals surface area contributed by atoms with Crippen molar-refractivity contribution in [2.75, 3.05) is 7.05 Å². The van der Waals surface area contributed by atoms with Gasteiger partial charge in [0.1, 0.15) is 11.3 Å². The average Bonchev–Trinajstić information content (AvgIpc) is 3.00. The van der Waals surface area contributed by atoms with Gasteiger partial charge in [-0.05, 0) is 13.1 Å². The third kappa shape index (κ3) is 1.91. The summed E-state index contributed by atoms with van der Waals surface area (Å²) in [6, 6.07) is 8.14. The Balaban J connectivity index is 2.06. The van der Waals surface area contributed by atoms with E-state index in [1.165, 1.54) is 10.9 Å². The molecule has 92 valence electrons. The predicted octanol–water partition coefficient (Wildman–Crippen LogP) is 2.40. The van der Waals surface area contributed by atoms with Crippen molar-refractivity contribution in [2.45, 2.75) is 13.1 Å². The molecule has 3 rings (SSSR count). The number of nitrogens with one attached hydrogen (secondary N) is 1. The number of fused-ring (bicyclic) bond motifs is 1. The van der Waals surface area contributed by atoms with Crippen molar-refractivity contribution >= 4 is 11.0 Å². The van der Waals surface area contributed by atoms with Gasteiger partial charge in [-0.3, -0.25) is 0 Å². The first kappa shape index (κ1) is 11.0. The van der Waals surface area contributed by atoms with Gasteiger partial charge < -0.3 is 14.3 Å². The average molecular weight is 241 g/mol. The predicted molar refractivity (Wildman–Crippen MR) is 70.3 cm³/mol. The molecule has 0 amide bonds. The Bertz CT molecular complexity index is 640. The molecule has 3 aromatic rings. The van der Waals surface area contributed by atoms with Crippen LogP contribution >= 0.6 is 0 Å². The van der Waals surface area contributed by atoms with Crippen molar-refractivity contribution in [2.24, 2.45) is 0 Å². The maximum absolute atomic E-state index is 5.94. The molecule has 4 heteroatoms. The van der Waals surface area contributed by atoms with Crippen LogP contribution in [0.5, 0.6) is 0 Å². The molecule has 18 heavy (non-hydrogen) atoms. The van der Waals surface area contributed by atoms with Gasteiger partial charge in [-0.2, -0.15) is 0 Å². The van der Waals surface area contributed by atoms with E-state index >= 15 is 0 Å². The normalized spacial score (nSPS) is 11.2. The van der Waals surface area contributed by atoms with E-state index in [0.717, 1.165) is 17.9 Å². The number of rotatable bonds is 4. The molecule has 2 heterocycles. The monoisotopic (exact) mass is 241 g/mol. The Morgan fingerprint density at radius 3 is 3.00 bits per heavy atom. The van der Waals surface area contributed by atoms with Crippen molar-refractivity contribution in [3.8, 4) is 0 Å². The molecule has 0 saturated heterocycles. The lowest BCUT2D eigenvalue weighted by Gasteiger charge is -2.03. The van der Waals surface area contributed by atoms with Gasteiger partial charge in [-0.15, -0.1) is 0 Å². The number of hydrogen-bond donors (Lipinski definition) is 1. The molecule has 0 spiro atoms. The van der Waals surface area contributed by atoms with E-state index in [-0.39, 0.29) is 0 Å². The van der Waals surface area contributed by atoms with Crippen LogP contribution in [0.15, 0.2) is 47.4 Å². The molecule has 0 atom stereocenters. The summed E-state index contributed by atoms with van der Waals surface area (Å²) in [4.78, 5) is 4.05. The first-order chi connectivity index (χ1) is 8.88. The molecule has 1 aromatic carbocycles. The van der Waals surface area contributed by atoms with Crippen LogP contribution in [0.1, 0.15) is 11.3 Å². The Kier molecular flexibility index (Phi) is 2.86. The number of nitrogens with zero attached hydrogens (tertiary/aromatic N) is 2. The van der Waals surface area contributed by atoms with E-state index in [2.05, 4.69) is 16.4 Å². The van der Waals surface area contributed by atoms with Gasteiger partial charge in [0.25, 0.3) is 0 Å². The van der Waals surface area contributed by atoms with Crippen molar-refractivity contribution < 1.29 is 4.42 Å². The Hall–Kier alpha value is -2.07. The molecule has 0 aliphatic rings. The molecule has 0 unspecified atom stereocenters. The summed E-state index contributed by atoms with van der Waals surface area (Å²) in [5.41, 5.74) is 2.17. The Morgan fingerprint density at radius 2 is 2.22 bits per heavy atom. The number of furan rings is 1. The molecular formula is C14H15N3O. The largest absolute Gasteiger partial charge is 0.459 e. The van der Waals surface area contributed by atoms with E-state index in [4.69, 9.17) is 4.42 Å². The zero-order valence-electron chi connectivity index (χ0n) is 10.3. The first-order valence-corrected chi connectivity index (χ1v) is 5.98. The molecule has 0 aliphatic heterocycles. The van der Waals surface area contributed by atoms with Crippen LogP contribution in [0.4, 0.5) is 0 Å². The van der Waals surface area contributed by atoms with Crippen molar-refractivity contribution in [1.29, 1.82) is 0 Å². The molecule has 0 radical (unpaired) electrons. The number of para-hydroxylation sites is 1. The topological polar surface area (TPSA) is 43.0 Å². The van der Waals surface area contributed by atoms with Gasteiger partial charge in [0.2, 0.25) is 0 Å². The lowest BCUT2D eigenvalue weighted by atomic mass is 10.1. The zero-order valence-corrected chi connectivity index (χ0v) is 10.3. The van der Waals surface area contributed by atoms with E-state index in [0.29, 0.717) is 6.54 Å². The maximum Gasteiger partial charge on any atom is 0.134 e. The molecular weight excluding hydrogens is 226 g/mol. The van der Waals surface area contributed by atoms with E-state index in [1.54, 1.807) is 12.5 Å². The minimum atomic E-state index is 0.714. The number of benzene rings is 1. The summed E-state index contributed by atoms with van der Waals surface area (Å²) in [5, 5.41) is 4.38. The lowest BCUT2D eigenvalue weighted by molar-refractivity contribution is 0.519. The smallest absolute Gasteiger partial charge is 0.134 e. The molecule has 4 nitrogen and oxygen atoms in total. The summed E-state index contributed by atoms with van der Waals surface area (Å²) in [5.74, 6) is 0.989. The van der Waals surface area contributed by atoms with Gasteiger partial charge in [0, 0.05) is 29.9 Å². The van der Waals surface area contributed by atoms with Gasteiger partial charge in [-0.1, -0.05) is 18.2 Å². The van der Waals surface area contributed by atoms with Gasteiger partial charge in [-0.25, -0.2) is 4.98 Å². The number of hydrogen-bond acceptors (Lipinski definition) is 3. The van der Waals surface area contributed by atoms with Gasteiger partial charge in [0.15, 0.2) is 0 Å².